The molecular weight excluding hydrogens is 445 g/mol. The first kappa shape index (κ1) is 25.7. The van der Waals surface area contributed by atoms with Crippen LogP contribution in [0.5, 0.6) is 0 Å². The number of benzene rings is 1. The number of amides is 1. The van der Waals surface area contributed by atoms with E-state index in [9.17, 15) is 14.2 Å². The molecule has 1 heterocycles. The zero-order valence-electron chi connectivity index (χ0n) is 19.8. The molecule has 8 nitrogen and oxygen atoms in total. The Labute approximate surface area is 196 Å². The van der Waals surface area contributed by atoms with Crippen molar-refractivity contribution in [2.45, 2.75) is 52.2 Å². The molecule has 1 saturated heterocycles. The maximum atomic E-state index is 13.0. The Kier molecular flexibility index (Phi) is 9.36. The Bertz CT molecular complexity index is 823. The fourth-order valence-electron chi connectivity index (χ4n) is 5.13. The quantitative estimate of drug-likeness (QED) is 0.367. The Morgan fingerprint density at radius 3 is 2.36 bits per heavy atom. The van der Waals surface area contributed by atoms with Gasteiger partial charge < -0.3 is 18.5 Å². The van der Waals surface area contributed by atoms with Gasteiger partial charge in [0.2, 0.25) is 0 Å². The molecule has 0 aromatic heterocycles. The second kappa shape index (κ2) is 12.0. The van der Waals surface area contributed by atoms with E-state index in [1.807, 2.05) is 44.2 Å². The fraction of sp³-hybridized carbons (Fsp3) is 0.667. The van der Waals surface area contributed by atoms with Gasteiger partial charge >= 0.3 is 19.7 Å². The summed E-state index contributed by atoms with van der Waals surface area (Å²) in [5, 5.41) is 0. The smallest absolute Gasteiger partial charge is 0.410 e. The van der Waals surface area contributed by atoms with Gasteiger partial charge in [-0.25, -0.2) is 9.59 Å². The predicted molar refractivity (Wildman–Crippen MR) is 124 cm³/mol. The Hall–Kier alpha value is -1.89. The van der Waals surface area contributed by atoms with E-state index in [1.54, 1.807) is 0 Å². The lowest BCUT2D eigenvalue weighted by molar-refractivity contribution is -0.150. The van der Waals surface area contributed by atoms with Crippen LogP contribution in [0.3, 0.4) is 0 Å². The summed E-state index contributed by atoms with van der Waals surface area (Å²) >= 11 is 0. The lowest BCUT2D eigenvalue weighted by Crippen LogP contribution is -2.55. The number of carbonyl (C=O) groups is 2. The Morgan fingerprint density at radius 2 is 1.73 bits per heavy atom. The standard InChI is InChI=1S/C24H36NO7P/c1-4-31-33(28,32-5-2)17-19-11-12-20-15-25(22(23(26)29-3)14-21(20)13-19)24(27)30-16-18-9-7-6-8-10-18/h6-10,19-22H,4-5,11-17H2,1-3H3/t19-,20-,21+,22+/m0/s1. The highest BCUT2D eigenvalue weighted by Crippen LogP contribution is 2.53. The van der Waals surface area contributed by atoms with Crippen LogP contribution in [0.1, 0.15) is 45.1 Å². The molecule has 184 valence electrons. The van der Waals surface area contributed by atoms with Crippen LogP contribution < -0.4 is 0 Å². The molecule has 2 fully saturated rings. The molecule has 9 heteroatoms. The summed E-state index contributed by atoms with van der Waals surface area (Å²) in [6.45, 7) is 4.94. The summed E-state index contributed by atoms with van der Waals surface area (Å²) in [7, 11) is -1.78. The van der Waals surface area contributed by atoms with E-state index in [-0.39, 0.29) is 24.4 Å². The largest absolute Gasteiger partial charge is 0.467 e. The van der Waals surface area contributed by atoms with E-state index in [4.69, 9.17) is 18.5 Å². The van der Waals surface area contributed by atoms with Crippen molar-refractivity contribution < 1.29 is 32.7 Å². The van der Waals surface area contributed by atoms with Gasteiger partial charge in [-0.1, -0.05) is 30.3 Å². The van der Waals surface area contributed by atoms with E-state index in [0.29, 0.717) is 32.3 Å². The second-order valence-electron chi connectivity index (χ2n) is 8.80. The molecule has 0 radical (unpaired) electrons. The molecule has 4 atom stereocenters. The highest BCUT2D eigenvalue weighted by atomic mass is 31.2. The molecule has 0 spiro atoms. The zero-order valence-corrected chi connectivity index (χ0v) is 20.7. The molecule has 0 N–H and O–H groups in total. The molecule has 1 aromatic carbocycles. The zero-order chi connectivity index (χ0) is 23.8. The van der Waals surface area contributed by atoms with Crippen LogP contribution in [0.25, 0.3) is 0 Å². The van der Waals surface area contributed by atoms with Crippen molar-refractivity contribution in [3.05, 3.63) is 35.9 Å². The van der Waals surface area contributed by atoms with Crippen molar-refractivity contribution in [2.75, 3.05) is 33.0 Å². The van der Waals surface area contributed by atoms with Crippen molar-refractivity contribution in [1.82, 2.24) is 4.90 Å². The third-order valence-corrected chi connectivity index (χ3v) is 8.89. The molecule has 0 bridgehead atoms. The molecule has 1 aromatic rings. The number of methoxy groups -OCH3 is 1. The third-order valence-electron chi connectivity index (χ3n) is 6.63. The molecule has 1 saturated carbocycles. The number of carbonyl (C=O) groups excluding carboxylic acids is 2. The molecule has 1 amide bonds. The van der Waals surface area contributed by atoms with Gasteiger partial charge in [0.25, 0.3) is 0 Å². The van der Waals surface area contributed by atoms with Crippen LogP contribution in [0, 0.1) is 17.8 Å². The molecule has 33 heavy (non-hydrogen) atoms. The number of hydrogen-bond acceptors (Lipinski definition) is 7. The summed E-state index contributed by atoms with van der Waals surface area (Å²) in [6.07, 6.45) is 3.03. The van der Waals surface area contributed by atoms with Crippen LogP contribution in [0.15, 0.2) is 30.3 Å². The molecule has 3 rings (SSSR count). The minimum Gasteiger partial charge on any atom is -0.467 e. The minimum absolute atomic E-state index is 0.157. The first-order valence-electron chi connectivity index (χ1n) is 11.8. The van der Waals surface area contributed by atoms with E-state index in [2.05, 4.69) is 0 Å². The van der Waals surface area contributed by atoms with Crippen molar-refractivity contribution in [3.8, 4) is 0 Å². The molecular formula is C24H36NO7P. The number of rotatable bonds is 9. The normalized spacial score (nSPS) is 25.2. The van der Waals surface area contributed by atoms with Gasteiger partial charge in [-0.2, -0.15) is 0 Å². The summed E-state index contributed by atoms with van der Waals surface area (Å²) in [5.74, 6) is 0.277. The van der Waals surface area contributed by atoms with Gasteiger partial charge in [0, 0.05) is 6.54 Å². The number of likely N-dealkylation sites (tertiary alicyclic amines) is 1. The van der Waals surface area contributed by atoms with E-state index in [1.165, 1.54) is 12.0 Å². The van der Waals surface area contributed by atoms with E-state index >= 15 is 0 Å². The Morgan fingerprint density at radius 1 is 1.03 bits per heavy atom. The third kappa shape index (κ3) is 6.81. The van der Waals surface area contributed by atoms with Gasteiger partial charge in [0.15, 0.2) is 0 Å². The molecule has 1 aliphatic heterocycles. The minimum atomic E-state index is -3.12. The number of fused-ring (bicyclic) bond motifs is 1. The second-order valence-corrected chi connectivity index (χ2v) is 10.9. The van der Waals surface area contributed by atoms with Crippen molar-refractivity contribution in [2.24, 2.45) is 17.8 Å². The van der Waals surface area contributed by atoms with Crippen molar-refractivity contribution in [3.63, 3.8) is 0 Å². The maximum Gasteiger partial charge on any atom is 0.410 e. The van der Waals surface area contributed by atoms with E-state index in [0.717, 1.165) is 24.8 Å². The van der Waals surface area contributed by atoms with Gasteiger partial charge in [-0.15, -0.1) is 0 Å². The number of hydrogen-bond donors (Lipinski definition) is 0. The van der Waals surface area contributed by atoms with Gasteiger partial charge in [-0.05, 0) is 62.8 Å². The van der Waals surface area contributed by atoms with Crippen LogP contribution >= 0.6 is 7.60 Å². The SMILES string of the molecule is CCOP(=O)(C[C@H]1CC[C@H]2CN(C(=O)OCc3ccccc3)[C@@H](C(=O)OC)C[C@H]2C1)OCC. The molecule has 1 aliphatic carbocycles. The average Bonchev–Trinajstić information content (AvgIpc) is 2.82. The summed E-state index contributed by atoms with van der Waals surface area (Å²) in [6, 6.07) is 8.79. The topological polar surface area (TPSA) is 91.4 Å². The lowest BCUT2D eigenvalue weighted by Gasteiger charge is -2.46. The van der Waals surface area contributed by atoms with Crippen LogP contribution in [-0.2, 0) is 34.5 Å². The van der Waals surface area contributed by atoms with Crippen molar-refractivity contribution >= 4 is 19.7 Å². The Balaban J connectivity index is 1.65. The number of esters is 1. The predicted octanol–water partition coefficient (Wildman–Crippen LogP) is 4.87. The molecule has 0 unspecified atom stereocenters. The molecule has 2 aliphatic rings. The first-order valence-corrected chi connectivity index (χ1v) is 13.5. The number of ether oxygens (including phenoxy) is 2. The maximum absolute atomic E-state index is 13.0. The van der Waals surface area contributed by atoms with Crippen molar-refractivity contribution in [1.29, 1.82) is 0 Å². The lowest BCUT2D eigenvalue weighted by atomic mass is 9.69. The van der Waals surface area contributed by atoms with Gasteiger partial charge in [0.05, 0.1) is 26.5 Å². The highest BCUT2D eigenvalue weighted by Gasteiger charge is 2.45. The summed E-state index contributed by atoms with van der Waals surface area (Å²) in [5.41, 5.74) is 0.892. The van der Waals surface area contributed by atoms with Crippen LogP contribution in [-0.4, -0.2) is 56.0 Å². The van der Waals surface area contributed by atoms with E-state index < -0.39 is 25.7 Å². The monoisotopic (exact) mass is 481 g/mol. The average molecular weight is 482 g/mol. The van der Waals surface area contributed by atoms with Crippen LogP contribution in [0.4, 0.5) is 4.79 Å². The fourth-order valence-corrected chi connectivity index (χ4v) is 7.16. The highest BCUT2D eigenvalue weighted by molar-refractivity contribution is 7.53. The number of piperidine rings is 1. The first-order chi connectivity index (χ1) is 15.9. The number of nitrogens with zero attached hydrogens (tertiary/aromatic N) is 1. The van der Waals surface area contributed by atoms with Gasteiger partial charge in [0.1, 0.15) is 12.6 Å². The summed E-state index contributed by atoms with van der Waals surface area (Å²) in [4.78, 5) is 27.0. The van der Waals surface area contributed by atoms with Crippen LogP contribution in [0.2, 0.25) is 0 Å². The summed E-state index contributed by atoms with van der Waals surface area (Å²) < 4.78 is 34.5. The van der Waals surface area contributed by atoms with Gasteiger partial charge in [-0.3, -0.25) is 9.46 Å².